The van der Waals surface area contributed by atoms with E-state index in [0.717, 1.165) is 55.5 Å². The van der Waals surface area contributed by atoms with Crippen LogP contribution in [-0.4, -0.2) is 70.1 Å². The van der Waals surface area contributed by atoms with Crippen LogP contribution in [0.25, 0.3) is 22.4 Å². The van der Waals surface area contributed by atoms with E-state index in [1.165, 1.54) is 12.8 Å². The van der Waals surface area contributed by atoms with Crippen molar-refractivity contribution in [3.63, 3.8) is 0 Å². The van der Waals surface area contributed by atoms with Gasteiger partial charge in [-0.25, -0.2) is 0 Å². The molecule has 4 aliphatic rings. The van der Waals surface area contributed by atoms with Crippen molar-refractivity contribution < 1.29 is 14.1 Å². The van der Waals surface area contributed by atoms with E-state index in [9.17, 15) is 4.79 Å². The lowest BCUT2D eigenvalue weighted by molar-refractivity contribution is -0.141. The molecule has 0 radical (unpaired) electrons. The normalized spacial score (nSPS) is 22.9. The molecule has 7 rings (SSSR count). The van der Waals surface area contributed by atoms with Crippen LogP contribution in [0.1, 0.15) is 31.7 Å². The van der Waals surface area contributed by atoms with Crippen LogP contribution >= 0.6 is 0 Å². The number of carbonyl (C=O) groups is 1. The fourth-order valence-corrected chi connectivity index (χ4v) is 5.42. The van der Waals surface area contributed by atoms with E-state index in [0.29, 0.717) is 36.4 Å². The molecule has 9 heteroatoms. The summed E-state index contributed by atoms with van der Waals surface area (Å²) >= 11 is 0. The van der Waals surface area contributed by atoms with E-state index < -0.39 is 0 Å². The third-order valence-corrected chi connectivity index (χ3v) is 7.77. The van der Waals surface area contributed by atoms with Gasteiger partial charge >= 0.3 is 0 Å². The molecule has 9 nitrogen and oxygen atoms in total. The lowest BCUT2D eigenvalue weighted by atomic mass is 9.71. The zero-order valence-corrected chi connectivity index (χ0v) is 17.9. The summed E-state index contributed by atoms with van der Waals surface area (Å²) in [5, 5.41) is 9.82. The van der Waals surface area contributed by atoms with Gasteiger partial charge in [0, 0.05) is 43.0 Å². The Balaban J connectivity index is 1.04. The standard InChI is InChI=1S/C23H26N6O3/c30-21(17-10-23(11-17)3-4-23)27-5-7-28(8-6-27)22-25-20(32-26-22)15-1-2-16-12-24-29(19(16)9-15)18-13-31-14-18/h1-2,9,12,17-18H,3-8,10-11,13-14H2. The van der Waals surface area contributed by atoms with Crippen molar-refractivity contribution in [3.05, 3.63) is 24.4 Å². The summed E-state index contributed by atoms with van der Waals surface area (Å²) < 4.78 is 12.9. The van der Waals surface area contributed by atoms with Crippen LogP contribution in [0, 0.1) is 11.3 Å². The molecule has 3 aromatic rings. The first-order valence-corrected chi connectivity index (χ1v) is 11.6. The zero-order chi connectivity index (χ0) is 21.3. The Labute approximate surface area is 185 Å². The number of aromatic nitrogens is 4. The smallest absolute Gasteiger partial charge is 0.266 e. The Bertz CT molecular complexity index is 1180. The number of carbonyl (C=O) groups excluding carboxylic acids is 1. The molecule has 1 spiro atoms. The van der Waals surface area contributed by atoms with E-state index in [1.807, 2.05) is 27.9 Å². The van der Waals surface area contributed by atoms with Crippen molar-refractivity contribution in [1.82, 2.24) is 24.8 Å². The van der Waals surface area contributed by atoms with Crippen LogP contribution < -0.4 is 4.90 Å². The second-order valence-corrected chi connectivity index (χ2v) is 9.87. The molecule has 1 aromatic carbocycles. The number of rotatable bonds is 4. The average Bonchev–Trinajstić information content (AvgIpc) is 3.24. The molecule has 0 atom stereocenters. The maximum Gasteiger partial charge on any atom is 0.266 e. The predicted molar refractivity (Wildman–Crippen MR) is 116 cm³/mol. The molecule has 2 saturated heterocycles. The Morgan fingerprint density at radius 2 is 1.91 bits per heavy atom. The van der Waals surface area contributed by atoms with Crippen molar-refractivity contribution in [2.24, 2.45) is 11.3 Å². The first kappa shape index (κ1) is 18.6. The number of hydrogen-bond donors (Lipinski definition) is 0. The predicted octanol–water partition coefficient (Wildman–Crippen LogP) is 2.50. The minimum atomic E-state index is 0.260. The van der Waals surface area contributed by atoms with Crippen LogP contribution in [0.15, 0.2) is 28.9 Å². The van der Waals surface area contributed by atoms with Gasteiger partial charge in [-0.1, -0.05) is 6.07 Å². The van der Waals surface area contributed by atoms with Crippen molar-refractivity contribution in [2.45, 2.75) is 31.7 Å². The van der Waals surface area contributed by atoms with Crippen LogP contribution in [-0.2, 0) is 9.53 Å². The van der Waals surface area contributed by atoms with Gasteiger partial charge < -0.3 is 19.1 Å². The first-order chi connectivity index (χ1) is 15.7. The molecule has 0 N–H and O–H groups in total. The van der Waals surface area contributed by atoms with Crippen molar-refractivity contribution >= 4 is 22.8 Å². The third-order valence-electron chi connectivity index (χ3n) is 7.77. The molecule has 32 heavy (non-hydrogen) atoms. The lowest BCUT2D eigenvalue weighted by Crippen LogP contribution is -2.52. The van der Waals surface area contributed by atoms with Gasteiger partial charge in [-0.2, -0.15) is 10.1 Å². The molecule has 4 heterocycles. The fraction of sp³-hybridized carbons (Fsp3) is 0.565. The minimum absolute atomic E-state index is 0.260. The monoisotopic (exact) mass is 434 g/mol. The quantitative estimate of drug-likeness (QED) is 0.623. The largest absolute Gasteiger partial charge is 0.377 e. The van der Waals surface area contributed by atoms with E-state index in [1.54, 1.807) is 0 Å². The lowest BCUT2D eigenvalue weighted by Gasteiger charge is -2.41. The minimum Gasteiger partial charge on any atom is -0.377 e. The molecular weight excluding hydrogens is 408 g/mol. The number of hydrogen-bond acceptors (Lipinski definition) is 7. The molecule has 1 amide bonds. The van der Waals surface area contributed by atoms with E-state index in [-0.39, 0.29) is 12.0 Å². The van der Waals surface area contributed by atoms with E-state index >= 15 is 0 Å². The summed E-state index contributed by atoms with van der Waals surface area (Å²) in [6.07, 6.45) is 6.75. The van der Waals surface area contributed by atoms with Crippen LogP contribution in [0.5, 0.6) is 0 Å². The maximum absolute atomic E-state index is 12.8. The number of ether oxygens (including phenoxy) is 1. The molecule has 4 fully saturated rings. The number of fused-ring (bicyclic) bond motifs is 1. The summed E-state index contributed by atoms with van der Waals surface area (Å²) in [4.78, 5) is 21.5. The summed E-state index contributed by atoms with van der Waals surface area (Å²) in [5.41, 5.74) is 2.49. The summed E-state index contributed by atoms with van der Waals surface area (Å²) in [7, 11) is 0. The topological polar surface area (TPSA) is 89.5 Å². The van der Waals surface area contributed by atoms with Gasteiger partial charge in [0.25, 0.3) is 11.8 Å². The van der Waals surface area contributed by atoms with Gasteiger partial charge in [0.1, 0.15) is 0 Å². The van der Waals surface area contributed by atoms with Crippen molar-refractivity contribution in [1.29, 1.82) is 0 Å². The Kier molecular flexibility index (Phi) is 3.94. The van der Waals surface area contributed by atoms with E-state index in [2.05, 4.69) is 26.2 Å². The zero-order valence-electron chi connectivity index (χ0n) is 17.9. The SMILES string of the molecule is O=C(C1CC2(CC2)C1)N1CCN(c2noc(-c3ccc4cnn(C5COC5)c4c3)n2)CC1. The highest BCUT2D eigenvalue weighted by atomic mass is 16.5. The first-order valence-electron chi connectivity index (χ1n) is 11.6. The number of benzene rings is 1. The van der Waals surface area contributed by atoms with Crippen molar-refractivity contribution in [3.8, 4) is 11.5 Å². The Morgan fingerprint density at radius 1 is 1.09 bits per heavy atom. The van der Waals surface area contributed by atoms with Gasteiger partial charge in [-0.15, -0.1) is 0 Å². The highest BCUT2D eigenvalue weighted by Crippen LogP contribution is 2.63. The van der Waals surface area contributed by atoms with Gasteiger partial charge in [-0.05, 0) is 48.4 Å². The highest BCUT2D eigenvalue weighted by Gasteiger charge is 2.55. The number of piperazine rings is 1. The van der Waals surface area contributed by atoms with E-state index in [4.69, 9.17) is 9.26 Å². The van der Waals surface area contributed by atoms with Crippen LogP contribution in [0.4, 0.5) is 5.95 Å². The maximum atomic E-state index is 12.8. The summed E-state index contributed by atoms with van der Waals surface area (Å²) in [6, 6.07) is 6.37. The van der Waals surface area contributed by atoms with Crippen LogP contribution in [0.3, 0.4) is 0 Å². The molecular formula is C23H26N6O3. The second kappa shape index (κ2) is 6.78. The molecule has 2 saturated carbocycles. The van der Waals surface area contributed by atoms with Crippen molar-refractivity contribution in [2.75, 3.05) is 44.3 Å². The Morgan fingerprint density at radius 3 is 2.62 bits per heavy atom. The number of anilines is 1. The van der Waals surface area contributed by atoms with Crippen LogP contribution in [0.2, 0.25) is 0 Å². The molecule has 2 aliphatic heterocycles. The van der Waals surface area contributed by atoms with Gasteiger partial charge in [0.2, 0.25) is 5.91 Å². The number of amides is 1. The average molecular weight is 435 g/mol. The molecule has 166 valence electrons. The molecule has 2 aliphatic carbocycles. The summed E-state index contributed by atoms with van der Waals surface area (Å²) in [5.74, 6) is 1.70. The highest BCUT2D eigenvalue weighted by molar-refractivity contribution is 5.83. The number of nitrogens with zero attached hydrogens (tertiary/aromatic N) is 6. The van der Waals surface area contributed by atoms with Gasteiger partial charge in [0.05, 0.1) is 31.0 Å². The Hall–Kier alpha value is -2.94. The third kappa shape index (κ3) is 2.94. The summed E-state index contributed by atoms with van der Waals surface area (Å²) in [6.45, 7) is 4.30. The second-order valence-electron chi connectivity index (χ2n) is 9.87. The van der Waals surface area contributed by atoms with Gasteiger partial charge in [0.15, 0.2) is 0 Å². The fourth-order valence-electron chi connectivity index (χ4n) is 5.42. The van der Waals surface area contributed by atoms with Gasteiger partial charge in [-0.3, -0.25) is 9.48 Å². The molecule has 2 aromatic heterocycles. The molecule has 0 unspecified atom stereocenters. The molecule has 0 bridgehead atoms.